The molecule has 3 aliphatic rings. The fourth-order valence-corrected chi connectivity index (χ4v) is 10.2. The van der Waals surface area contributed by atoms with Crippen molar-refractivity contribution in [2.75, 3.05) is 26.7 Å². The van der Waals surface area contributed by atoms with Gasteiger partial charge in [-0.2, -0.15) is 26.3 Å². The number of thiophene rings is 2. The Morgan fingerprint density at radius 2 is 1.42 bits per heavy atom. The van der Waals surface area contributed by atoms with Crippen LogP contribution in [-0.2, 0) is 29.5 Å². The second-order valence-electron chi connectivity index (χ2n) is 16.0. The van der Waals surface area contributed by atoms with E-state index in [1.807, 2.05) is 22.9 Å². The summed E-state index contributed by atoms with van der Waals surface area (Å²) < 4.78 is 76.5. The first-order valence-electron chi connectivity index (χ1n) is 20.4. The molecular weight excluding hydrogens is 901 g/mol. The Balaban J connectivity index is 0.000000477. The van der Waals surface area contributed by atoms with Crippen LogP contribution in [0.2, 0.25) is 0 Å². The minimum Gasteiger partial charge on any atom is -0.542 e. The fourth-order valence-electron chi connectivity index (χ4n) is 8.50. The van der Waals surface area contributed by atoms with Gasteiger partial charge in [-0.05, 0) is 66.4 Å². The van der Waals surface area contributed by atoms with E-state index in [0.717, 1.165) is 43.3 Å². The monoisotopic (exact) mass is 949 g/mol. The number of epoxide rings is 1. The highest BCUT2D eigenvalue weighted by atomic mass is 32.1. The number of carbonyl (C=O) groups is 3. The number of carboxylic acids is 2. The summed E-state index contributed by atoms with van der Waals surface area (Å²) in [5, 5.41) is 56.2. The predicted octanol–water partition coefficient (Wildman–Crippen LogP) is 5.25. The van der Waals surface area contributed by atoms with Gasteiger partial charge in [0.05, 0.1) is 35.0 Å². The average Bonchev–Trinajstić information content (AvgIpc) is 3.51. The molecule has 7 rings (SSSR count). The van der Waals surface area contributed by atoms with Crippen LogP contribution in [0.4, 0.5) is 26.3 Å². The van der Waals surface area contributed by atoms with Gasteiger partial charge in [0.2, 0.25) is 11.2 Å². The zero-order chi connectivity index (χ0) is 47.0. The smallest absolute Gasteiger partial charge is 0.490 e. The first kappa shape index (κ1) is 50.4. The molecular formula is C42H49F6N3O11S2. The van der Waals surface area contributed by atoms with Crippen molar-refractivity contribution in [2.24, 2.45) is 0 Å². The lowest BCUT2D eigenvalue weighted by atomic mass is 9.94. The number of morpholine rings is 1. The van der Waals surface area contributed by atoms with Crippen molar-refractivity contribution in [1.82, 2.24) is 10.3 Å². The summed E-state index contributed by atoms with van der Waals surface area (Å²) in [6, 6.07) is 14.2. The molecule has 22 heteroatoms. The zero-order valence-electron chi connectivity index (χ0n) is 34.4. The molecule has 4 unspecified atom stereocenters. The Bertz CT molecular complexity index is 2160. The molecule has 0 amide bonds. The van der Waals surface area contributed by atoms with Crippen LogP contribution < -0.4 is 16.0 Å². The number of piperidine rings is 1. The summed E-state index contributed by atoms with van der Waals surface area (Å²) >= 11 is 2.74. The number of alkyl halides is 6. The number of esters is 1. The van der Waals surface area contributed by atoms with E-state index in [4.69, 9.17) is 29.3 Å². The lowest BCUT2D eigenvalue weighted by Crippen LogP contribution is -2.63. The minimum atomic E-state index is -5.19. The Hall–Kier alpha value is -4.58. The molecule has 3 aromatic heterocycles. The van der Waals surface area contributed by atoms with Crippen LogP contribution in [0.3, 0.4) is 0 Å². The van der Waals surface area contributed by atoms with Gasteiger partial charge in [-0.3, -0.25) is 4.79 Å². The third-order valence-electron chi connectivity index (χ3n) is 11.7. The third kappa shape index (κ3) is 12.2. The number of carboxylic acid groups (broad SMARTS) is 2. The van der Waals surface area contributed by atoms with Gasteiger partial charge < -0.3 is 54.6 Å². The van der Waals surface area contributed by atoms with Crippen LogP contribution in [0.1, 0.15) is 79.2 Å². The van der Waals surface area contributed by atoms with Crippen LogP contribution in [0.15, 0.2) is 64.1 Å². The van der Waals surface area contributed by atoms with Gasteiger partial charge in [-0.1, -0.05) is 43.9 Å². The van der Waals surface area contributed by atoms with E-state index in [2.05, 4.69) is 17.3 Å². The Labute approximate surface area is 370 Å². The highest BCUT2D eigenvalue weighted by Crippen LogP contribution is 2.53. The van der Waals surface area contributed by atoms with Crippen LogP contribution in [0.25, 0.3) is 10.9 Å². The number of nitrogens with one attached hydrogen (secondary N) is 2. The van der Waals surface area contributed by atoms with E-state index in [9.17, 15) is 51.3 Å². The number of hydrogen-bond donors (Lipinski definition) is 6. The maximum absolute atomic E-state index is 13.6. The van der Waals surface area contributed by atoms with Gasteiger partial charge in [0, 0.05) is 30.8 Å². The molecule has 3 aliphatic heterocycles. The van der Waals surface area contributed by atoms with Crippen LogP contribution in [0.5, 0.6) is 5.75 Å². The second-order valence-corrected chi connectivity index (χ2v) is 17.9. The fraction of sp³-hybridized carbons (Fsp3) is 0.524. The largest absolute Gasteiger partial charge is 0.542 e. The minimum absolute atomic E-state index is 0.00837. The highest BCUT2D eigenvalue weighted by molar-refractivity contribution is 7.12. The topological polar surface area (TPSA) is 222 Å². The van der Waals surface area contributed by atoms with Gasteiger partial charge in [0.15, 0.2) is 0 Å². The van der Waals surface area contributed by atoms with E-state index < -0.39 is 42.0 Å². The molecule has 14 nitrogen and oxygen atoms in total. The Morgan fingerprint density at radius 1 is 0.891 bits per heavy atom. The maximum Gasteiger partial charge on any atom is 0.490 e. The summed E-state index contributed by atoms with van der Waals surface area (Å²) in [5.74, 6) is -6.35. The number of H-pyrrole nitrogens is 1. The molecule has 64 heavy (non-hydrogen) atoms. The van der Waals surface area contributed by atoms with Crippen molar-refractivity contribution in [1.29, 1.82) is 0 Å². The average molecular weight is 950 g/mol. The van der Waals surface area contributed by atoms with Gasteiger partial charge in [-0.15, -0.1) is 22.7 Å². The quantitative estimate of drug-likeness (QED) is 0.0263. The van der Waals surface area contributed by atoms with E-state index in [1.54, 1.807) is 24.3 Å². The number of likely N-dealkylation sites (N-methyl/N-ethyl adjacent to an activating group) is 1. The molecule has 0 aliphatic carbocycles. The lowest BCUT2D eigenvalue weighted by Gasteiger charge is -2.48. The number of aromatic nitrogens is 1. The number of fused-ring (bicyclic) bond motifs is 6. The number of hydrogen-bond acceptors (Lipinski definition) is 13. The number of pyridine rings is 1. The molecule has 3 saturated heterocycles. The molecule has 6 heterocycles. The number of phenols is 1. The summed E-state index contributed by atoms with van der Waals surface area (Å²) in [7, 11) is 2.37. The summed E-state index contributed by atoms with van der Waals surface area (Å²) in [6.07, 6.45) is -1.04. The van der Waals surface area contributed by atoms with Crippen molar-refractivity contribution < 1.29 is 80.2 Å². The molecule has 3 fully saturated rings. The van der Waals surface area contributed by atoms with Crippen LogP contribution >= 0.6 is 22.7 Å². The molecule has 4 aromatic rings. The highest BCUT2D eigenvalue weighted by Gasteiger charge is 2.72. The van der Waals surface area contributed by atoms with Crippen LogP contribution in [0, 0.1) is 0 Å². The molecule has 0 radical (unpaired) electrons. The Kier molecular flexibility index (Phi) is 16.7. The van der Waals surface area contributed by atoms with Gasteiger partial charge in [0.25, 0.3) is 0 Å². The number of aromatic hydroxyl groups is 1. The first-order valence-corrected chi connectivity index (χ1v) is 22.2. The molecule has 6 N–H and O–H groups in total. The van der Waals surface area contributed by atoms with Gasteiger partial charge in [-0.25, -0.2) is 9.59 Å². The number of rotatable bonds is 17. The molecule has 1 aromatic carbocycles. The number of benzene rings is 1. The molecule has 7 atom stereocenters. The number of phenolic OH excluding ortho intramolecular Hbond substituents is 1. The second kappa shape index (κ2) is 21.2. The summed E-state index contributed by atoms with van der Waals surface area (Å²) in [4.78, 5) is 46.8. The van der Waals surface area contributed by atoms with Crippen molar-refractivity contribution in [3.05, 3.63) is 85.0 Å². The number of ether oxygens (including phenoxy) is 2. The number of quaternary nitrogens is 1. The summed E-state index contributed by atoms with van der Waals surface area (Å²) in [5.41, 5.74) is -1.04. The molecule has 352 valence electrons. The third-order valence-corrected chi connectivity index (χ3v) is 13.7. The number of carbonyl (C=O) groups excluding carboxylic acids is 2. The van der Waals surface area contributed by atoms with E-state index in [-0.39, 0.29) is 29.6 Å². The van der Waals surface area contributed by atoms with E-state index >= 15 is 0 Å². The molecule has 0 spiro atoms. The van der Waals surface area contributed by atoms with E-state index in [0.29, 0.717) is 44.8 Å². The first-order chi connectivity index (χ1) is 30.1. The molecule has 2 bridgehead atoms. The van der Waals surface area contributed by atoms with Crippen molar-refractivity contribution in [3.8, 4) is 5.75 Å². The van der Waals surface area contributed by atoms with Gasteiger partial charge in [0.1, 0.15) is 42.1 Å². The van der Waals surface area contributed by atoms with Crippen LogP contribution in [-0.4, -0.2) is 117 Å². The van der Waals surface area contributed by atoms with Crippen molar-refractivity contribution in [3.63, 3.8) is 0 Å². The van der Waals surface area contributed by atoms with Crippen molar-refractivity contribution in [2.45, 2.75) is 112 Å². The number of unbranched alkanes of at least 4 members (excludes halogenated alkanes) is 6. The predicted molar refractivity (Wildman–Crippen MR) is 219 cm³/mol. The number of halogens is 6. The number of aliphatic hydroxyl groups is 2. The SMILES string of the molecule is C[N+]1(CCCCCCCCCNC[C@H](O)c2ccc(O)c3[nH]c(=O)ccc23)C2CC(OC(=O)C(O)(c3cccs3)c3cccs3)CC1[C@@H]1O[C@H]21.O=C(O)C(F)(F)F.O=C([O-])C(F)(F)F. The van der Waals surface area contributed by atoms with E-state index in [1.165, 1.54) is 66.9 Å². The Morgan fingerprint density at radius 3 is 1.92 bits per heavy atom. The zero-order valence-corrected chi connectivity index (χ0v) is 36.0. The molecule has 0 saturated carbocycles. The lowest BCUT2D eigenvalue weighted by molar-refractivity contribution is -0.956. The number of aliphatic carboxylic acids is 2. The standard InChI is InChI=1S/C38H47N3O7S2.2C2HF3O2/c1-41(18-8-6-4-2-3-5-7-17-39-23-30(43)25-13-15-29(42)34-26(25)14-16-33(44)40-34)27-21-24(22-28(41)36-35(27)48-36)47-37(45)38(46,31-11-9-19-49-31)32-12-10-20-50-32;2*3-2(4,5)1(6)7/h9-16,19-20,24,27-28,30,35-36,39,43,46H,2-8,17-18,21-23H2,1H3,(H-,40,42,44);2*(H,6,7)/t24?,27?,28?,30-,35-,36+,41?;;/m0../s1. The number of aromatic amines is 1. The van der Waals surface area contributed by atoms with Gasteiger partial charge >= 0.3 is 24.3 Å². The number of aliphatic hydroxyl groups excluding tert-OH is 1. The van der Waals surface area contributed by atoms with Crippen molar-refractivity contribution >= 4 is 51.5 Å². The number of nitrogens with zero attached hydrogens (tertiary/aromatic N) is 1. The normalized spacial score (nSPS) is 22.9. The maximum atomic E-state index is 13.6. The summed E-state index contributed by atoms with van der Waals surface area (Å²) in [6.45, 7) is 2.34.